The van der Waals surface area contributed by atoms with E-state index in [-0.39, 0.29) is 44.0 Å². The van der Waals surface area contributed by atoms with Gasteiger partial charge in [-0.05, 0) is 96.3 Å². The van der Waals surface area contributed by atoms with E-state index >= 15 is 0 Å². The number of hydrogen-bond acceptors (Lipinski definition) is 6. The Morgan fingerprint density at radius 2 is 0.603 bits per heavy atom. The van der Waals surface area contributed by atoms with Crippen LogP contribution in [0.15, 0.2) is 134 Å². The van der Waals surface area contributed by atoms with Crippen molar-refractivity contribution in [1.29, 1.82) is 0 Å². The molecule has 0 rings (SSSR count). The molecule has 0 saturated heterocycles. The van der Waals surface area contributed by atoms with E-state index in [1.807, 2.05) is 24.3 Å². The number of esters is 3. The number of hydrogen-bond donors (Lipinski definition) is 0. The molecule has 0 unspecified atom stereocenters. The Morgan fingerprint density at radius 3 is 0.956 bits per heavy atom. The van der Waals surface area contributed by atoms with Gasteiger partial charge in [0.15, 0.2) is 6.10 Å². The number of ether oxygens (including phenoxy) is 3. The van der Waals surface area contributed by atoms with Crippen LogP contribution in [0.4, 0.5) is 0 Å². The van der Waals surface area contributed by atoms with Gasteiger partial charge in [0.1, 0.15) is 13.2 Å². The van der Waals surface area contributed by atoms with Gasteiger partial charge in [-0.3, -0.25) is 14.4 Å². The summed E-state index contributed by atoms with van der Waals surface area (Å²) in [5.41, 5.74) is 0. The minimum absolute atomic E-state index is 0.143. The molecule has 1 atom stereocenters. The molecule has 0 N–H and O–H groups in total. The van der Waals surface area contributed by atoms with Gasteiger partial charge in [-0.15, -0.1) is 0 Å². The van der Waals surface area contributed by atoms with Crippen molar-refractivity contribution in [3.8, 4) is 0 Å². The maximum atomic E-state index is 12.8. The lowest BCUT2D eigenvalue weighted by atomic mass is 10.0. The highest BCUT2D eigenvalue weighted by Crippen LogP contribution is 2.14. The summed E-state index contributed by atoms with van der Waals surface area (Å²) < 4.78 is 16.7. The normalized spacial score (nSPS) is 13.2. The zero-order chi connectivity index (χ0) is 49.3. The summed E-state index contributed by atoms with van der Waals surface area (Å²) in [5.74, 6) is -1.11. The van der Waals surface area contributed by atoms with Crippen molar-refractivity contribution in [1.82, 2.24) is 0 Å². The van der Waals surface area contributed by atoms with Gasteiger partial charge < -0.3 is 14.2 Å². The standard InChI is InChI=1S/C62H98O6/c1-4-7-10-13-16-19-22-25-27-29-31-33-35-37-40-42-45-48-51-54-60(63)66-57-59(68-62(65)56-53-50-47-44-39-24-21-18-15-12-9-6-3)58-67-61(64)55-52-49-46-43-41-38-36-34-32-30-28-26-23-20-17-14-11-8-5-2/h7,10,16-17,19-20,25-28,31-34,37-38,40-41,45-46,48-49,59H,4-6,8-9,11-15,18,21-24,29-30,35-36,39,42-44,47,50-58H2,1-3H3/b10-7-,19-16-,20-17-,27-25-,28-26-,33-31-,34-32-,40-37-,41-38-,48-45-,49-46-/t59-/m1/s1. The fourth-order valence-corrected chi connectivity index (χ4v) is 6.86. The van der Waals surface area contributed by atoms with Gasteiger partial charge in [-0.1, -0.05) is 238 Å². The fraction of sp³-hybridized carbons (Fsp3) is 0.597. The topological polar surface area (TPSA) is 78.9 Å². The maximum absolute atomic E-state index is 12.8. The van der Waals surface area contributed by atoms with Crippen LogP contribution in [0.1, 0.15) is 220 Å². The molecule has 0 aliphatic heterocycles. The largest absolute Gasteiger partial charge is 0.462 e. The monoisotopic (exact) mass is 939 g/mol. The molecular weight excluding hydrogens is 841 g/mol. The highest BCUT2D eigenvalue weighted by Gasteiger charge is 2.19. The molecule has 0 fully saturated rings. The van der Waals surface area contributed by atoms with Crippen molar-refractivity contribution in [2.45, 2.75) is 226 Å². The molecule has 0 aromatic rings. The molecule has 0 heterocycles. The highest BCUT2D eigenvalue weighted by molar-refractivity contribution is 5.71. The zero-order valence-corrected chi connectivity index (χ0v) is 43.6. The second kappa shape index (κ2) is 55.1. The SMILES string of the molecule is CC/C=C\C/C=C\C/C=C\C/C=C\C/C=C\C/C=C\CCC(=O)OC[C@H](COC(=O)CC/C=C\C/C=C\C/C=C\C/C=C\C/C=C\CCCCC)OC(=O)CCCCCCCCCCCCCC. The Morgan fingerprint density at radius 1 is 0.309 bits per heavy atom. The van der Waals surface area contributed by atoms with E-state index in [0.29, 0.717) is 19.3 Å². The third-order valence-electron chi connectivity index (χ3n) is 10.9. The van der Waals surface area contributed by atoms with Gasteiger partial charge in [-0.2, -0.15) is 0 Å². The zero-order valence-electron chi connectivity index (χ0n) is 43.6. The average molecular weight is 939 g/mol. The minimum Gasteiger partial charge on any atom is -0.462 e. The number of unbranched alkanes of at least 4 members (excludes halogenated alkanes) is 14. The lowest BCUT2D eigenvalue weighted by molar-refractivity contribution is -0.166. The van der Waals surface area contributed by atoms with E-state index in [1.54, 1.807) is 0 Å². The van der Waals surface area contributed by atoms with Crippen molar-refractivity contribution >= 4 is 17.9 Å². The summed E-state index contributed by atoms with van der Waals surface area (Å²) in [7, 11) is 0. The summed E-state index contributed by atoms with van der Waals surface area (Å²) in [5, 5.41) is 0. The summed E-state index contributed by atoms with van der Waals surface area (Å²) in [6.45, 7) is 6.35. The van der Waals surface area contributed by atoms with Gasteiger partial charge >= 0.3 is 17.9 Å². The quantitative estimate of drug-likeness (QED) is 0.0262. The molecule has 0 aromatic heterocycles. The first kappa shape index (κ1) is 63.6. The summed E-state index contributed by atoms with van der Waals surface area (Å²) in [6, 6.07) is 0. The highest BCUT2D eigenvalue weighted by atomic mass is 16.6. The summed E-state index contributed by atoms with van der Waals surface area (Å²) in [4.78, 5) is 38.0. The van der Waals surface area contributed by atoms with Crippen molar-refractivity contribution < 1.29 is 28.6 Å². The Hall–Kier alpha value is -4.45. The van der Waals surface area contributed by atoms with Crippen LogP contribution in [-0.4, -0.2) is 37.2 Å². The predicted molar refractivity (Wildman–Crippen MR) is 292 cm³/mol. The van der Waals surface area contributed by atoms with E-state index in [9.17, 15) is 14.4 Å². The van der Waals surface area contributed by atoms with Crippen LogP contribution in [0.3, 0.4) is 0 Å². The third-order valence-corrected chi connectivity index (χ3v) is 10.9. The van der Waals surface area contributed by atoms with Crippen molar-refractivity contribution in [2.24, 2.45) is 0 Å². The molecule has 0 aliphatic rings. The second-order valence-corrected chi connectivity index (χ2v) is 17.4. The van der Waals surface area contributed by atoms with E-state index in [0.717, 1.165) is 83.5 Å². The van der Waals surface area contributed by atoms with Crippen molar-refractivity contribution in [2.75, 3.05) is 13.2 Å². The third kappa shape index (κ3) is 52.5. The molecule has 0 bridgehead atoms. The molecule has 382 valence electrons. The molecule has 6 heteroatoms. The molecule has 0 radical (unpaired) electrons. The number of rotatable bonds is 47. The van der Waals surface area contributed by atoms with Gasteiger partial charge in [-0.25, -0.2) is 0 Å². The maximum Gasteiger partial charge on any atom is 0.306 e. The van der Waals surface area contributed by atoms with Crippen LogP contribution in [0, 0.1) is 0 Å². The first-order valence-electron chi connectivity index (χ1n) is 27.2. The molecule has 6 nitrogen and oxygen atoms in total. The van der Waals surface area contributed by atoms with Crippen molar-refractivity contribution in [3.05, 3.63) is 134 Å². The number of carbonyl (C=O) groups is 3. The van der Waals surface area contributed by atoms with Gasteiger partial charge in [0, 0.05) is 19.3 Å². The lowest BCUT2D eigenvalue weighted by Gasteiger charge is -2.18. The van der Waals surface area contributed by atoms with E-state index < -0.39 is 6.10 Å². The smallest absolute Gasteiger partial charge is 0.306 e. The Balaban J connectivity index is 4.60. The van der Waals surface area contributed by atoms with Crippen LogP contribution in [0.25, 0.3) is 0 Å². The summed E-state index contributed by atoms with van der Waals surface area (Å²) >= 11 is 0. The second-order valence-electron chi connectivity index (χ2n) is 17.4. The average Bonchev–Trinajstić information content (AvgIpc) is 3.34. The van der Waals surface area contributed by atoms with Gasteiger partial charge in [0.25, 0.3) is 0 Å². The van der Waals surface area contributed by atoms with Crippen molar-refractivity contribution in [3.63, 3.8) is 0 Å². The Kier molecular flexibility index (Phi) is 51.5. The van der Waals surface area contributed by atoms with E-state index in [1.165, 1.54) is 83.5 Å². The van der Waals surface area contributed by atoms with Gasteiger partial charge in [0.05, 0.1) is 0 Å². The molecular formula is C62H98O6. The number of carbonyl (C=O) groups excluding carboxylic acids is 3. The molecule has 68 heavy (non-hydrogen) atoms. The lowest BCUT2D eigenvalue weighted by Crippen LogP contribution is -2.30. The van der Waals surface area contributed by atoms with Crippen LogP contribution >= 0.6 is 0 Å². The molecule has 0 aromatic carbocycles. The number of allylic oxidation sites excluding steroid dienone is 22. The molecule has 0 aliphatic carbocycles. The van der Waals surface area contributed by atoms with E-state index in [4.69, 9.17) is 14.2 Å². The molecule has 0 saturated carbocycles. The minimum atomic E-state index is -0.841. The molecule has 0 amide bonds. The Labute approximate surface area is 417 Å². The summed E-state index contributed by atoms with van der Waals surface area (Å²) in [6.07, 6.45) is 77.4. The predicted octanol–water partition coefficient (Wildman–Crippen LogP) is 18.3. The fourth-order valence-electron chi connectivity index (χ4n) is 6.86. The van der Waals surface area contributed by atoms with Crippen LogP contribution in [0.5, 0.6) is 0 Å². The first-order chi connectivity index (χ1) is 33.5. The Bertz CT molecular complexity index is 1500. The van der Waals surface area contributed by atoms with Gasteiger partial charge in [0.2, 0.25) is 0 Å². The molecule has 0 spiro atoms. The van der Waals surface area contributed by atoms with E-state index in [2.05, 4.69) is 130 Å². The first-order valence-corrected chi connectivity index (χ1v) is 27.2. The van der Waals surface area contributed by atoms with Crippen LogP contribution in [0.2, 0.25) is 0 Å². The van der Waals surface area contributed by atoms with Crippen LogP contribution < -0.4 is 0 Å². The van der Waals surface area contributed by atoms with Crippen LogP contribution in [-0.2, 0) is 28.6 Å².